The van der Waals surface area contributed by atoms with Crippen LogP contribution in [0.15, 0.2) is 18.2 Å². The molecule has 112 valence electrons. The lowest BCUT2D eigenvalue weighted by atomic mass is 9.89. The van der Waals surface area contributed by atoms with E-state index in [1.165, 1.54) is 36.1 Å². The maximum Gasteiger partial charge on any atom is 0.150 e. The van der Waals surface area contributed by atoms with Gasteiger partial charge in [0.2, 0.25) is 0 Å². The first-order valence-corrected chi connectivity index (χ1v) is 7.54. The highest BCUT2D eigenvalue weighted by molar-refractivity contribution is 6.30. The fourth-order valence-corrected chi connectivity index (χ4v) is 3.09. The lowest BCUT2D eigenvalue weighted by molar-refractivity contribution is 0.424. The number of anilines is 1. The van der Waals surface area contributed by atoms with Gasteiger partial charge in [-0.25, -0.2) is 14.1 Å². The maximum absolute atomic E-state index is 13.6. The van der Waals surface area contributed by atoms with Crippen LogP contribution in [-0.4, -0.2) is 9.66 Å². The van der Waals surface area contributed by atoms with Crippen molar-refractivity contribution in [3.8, 4) is 11.3 Å². The normalized spacial score (nSPS) is 16.3. The van der Waals surface area contributed by atoms with Crippen LogP contribution in [0.3, 0.4) is 0 Å². The first-order chi connectivity index (χ1) is 10.1. The number of hydrogen-bond donors (Lipinski definition) is 2. The Bertz CT molecular complexity index is 662. The minimum absolute atomic E-state index is 0.0806. The molecule has 0 bridgehead atoms. The zero-order valence-corrected chi connectivity index (χ0v) is 12.4. The molecule has 2 aromatic rings. The second-order valence-electron chi connectivity index (χ2n) is 5.54. The number of rotatable bonds is 2. The van der Waals surface area contributed by atoms with E-state index in [2.05, 4.69) is 4.98 Å². The standard InChI is InChI=1S/C15H18ClFN4/c16-11-7-6-10(8-12(11)17)13-14(18)21(19)15(20-13)9-4-2-1-3-5-9/h6-9H,1-5,18-19H2. The molecule has 1 heterocycles. The van der Waals surface area contributed by atoms with Crippen LogP contribution >= 0.6 is 11.6 Å². The van der Waals surface area contributed by atoms with E-state index in [-0.39, 0.29) is 5.02 Å². The van der Waals surface area contributed by atoms with Crippen molar-refractivity contribution in [3.63, 3.8) is 0 Å². The first-order valence-electron chi connectivity index (χ1n) is 7.16. The van der Waals surface area contributed by atoms with Crippen LogP contribution in [0.2, 0.25) is 5.02 Å². The Morgan fingerprint density at radius 2 is 1.95 bits per heavy atom. The van der Waals surface area contributed by atoms with Gasteiger partial charge in [-0.05, 0) is 25.0 Å². The van der Waals surface area contributed by atoms with Gasteiger partial charge in [0, 0.05) is 11.5 Å². The zero-order valence-electron chi connectivity index (χ0n) is 11.6. The third-order valence-electron chi connectivity index (χ3n) is 4.14. The summed E-state index contributed by atoms with van der Waals surface area (Å²) in [6, 6.07) is 4.54. The van der Waals surface area contributed by atoms with Crippen LogP contribution in [0, 0.1) is 5.82 Å². The molecule has 6 heteroatoms. The first kappa shape index (κ1) is 14.2. The molecule has 0 aliphatic heterocycles. The Kier molecular flexibility index (Phi) is 3.76. The molecule has 0 spiro atoms. The molecule has 0 unspecified atom stereocenters. The number of aromatic nitrogens is 2. The number of benzene rings is 1. The summed E-state index contributed by atoms with van der Waals surface area (Å²) < 4.78 is 15.1. The summed E-state index contributed by atoms with van der Waals surface area (Å²) in [6.45, 7) is 0. The molecule has 1 aromatic heterocycles. The molecule has 0 amide bonds. The number of imidazole rings is 1. The van der Waals surface area contributed by atoms with Gasteiger partial charge in [-0.2, -0.15) is 0 Å². The van der Waals surface area contributed by atoms with Gasteiger partial charge in [-0.3, -0.25) is 0 Å². The highest BCUT2D eigenvalue weighted by atomic mass is 35.5. The Labute approximate surface area is 127 Å². The fourth-order valence-electron chi connectivity index (χ4n) is 2.97. The summed E-state index contributed by atoms with van der Waals surface area (Å²) in [6.07, 6.45) is 5.77. The van der Waals surface area contributed by atoms with E-state index in [0.29, 0.717) is 23.0 Å². The van der Waals surface area contributed by atoms with E-state index in [9.17, 15) is 4.39 Å². The Hall–Kier alpha value is -1.75. The average Bonchev–Trinajstić information content (AvgIpc) is 2.79. The molecule has 0 atom stereocenters. The predicted octanol–water partition coefficient (Wildman–Crippen LogP) is 3.69. The van der Waals surface area contributed by atoms with Crippen LogP contribution in [0.5, 0.6) is 0 Å². The average molecular weight is 309 g/mol. The maximum atomic E-state index is 13.6. The van der Waals surface area contributed by atoms with Crippen molar-refractivity contribution in [2.24, 2.45) is 0 Å². The van der Waals surface area contributed by atoms with Crippen molar-refractivity contribution in [1.82, 2.24) is 9.66 Å². The van der Waals surface area contributed by atoms with Crippen LogP contribution in [0.25, 0.3) is 11.3 Å². The summed E-state index contributed by atoms with van der Waals surface area (Å²) in [5.41, 5.74) is 7.17. The SMILES string of the molecule is Nc1c(-c2ccc(Cl)c(F)c2)nc(C2CCCCC2)n1N. The third-order valence-corrected chi connectivity index (χ3v) is 4.45. The fraction of sp³-hybridized carbons (Fsp3) is 0.400. The molecule has 1 fully saturated rings. The molecule has 1 aliphatic rings. The molecule has 3 rings (SSSR count). The van der Waals surface area contributed by atoms with Gasteiger partial charge in [-0.1, -0.05) is 36.9 Å². The summed E-state index contributed by atoms with van der Waals surface area (Å²) in [7, 11) is 0. The molecule has 0 radical (unpaired) electrons. The Morgan fingerprint density at radius 1 is 1.24 bits per heavy atom. The number of nitrogens with two attached hydrogens (primary N) is 2. The number of nitrogen functional groups attached to an aromatic ring is 2. The molecular formula is C15H18ClFN4. The van der Waals surface area contributed by atoms with Crippen LogP contribution in [0.4, 0.5) is 10.2 Å². The van der Waals surface area contributed by atoms with Gasteiger partial charge in [0.05, 0.1) is 5.02 Å². The van der Waals surface area contributed by atoms with Crippen molar-refractivity contribution in [1.29, 1.82) is 0 Å². The number of halogens is 2. The summed E-state index contributed by atoms with van der Waals surface area (Å²) in [5, 5.41) is 0.0806. The Balaban J connectivity index is 2.01. The molecule has 1 saturated carbocycles. The highest BCUT2D eigenvalue weighted by Gasteiger charge is 2.24. The second-order valence-corrected chi connectivity index (χ2v) is 5.94. The highest BCUT2D eigenvalue weighted by Crippen LogP contribution is 2.35. The van der Waals surface area contributed by atoms with Crippen molar-refractivity contribution < 1.29 is 4.39 Å². The largest absolute Gasteiger partial charge is 0.382 e. The summed E-state index contributed by atoms with van der Waals surface area (Å²) in [5.74, 6) is 7.04. The smallest absolute Gasteiger partial charge is 0.150 e. The van der Waals surface area contributed by atoms with Gasteiger partial charge >= 0.3 is 0 Å². The number of nitrogens with zero attached hydrogens (tertiary/aromatic N) is 2. The molecule has 4 N–H and O–H groups in total. The van der Waals surface area contributed by atoms with Crippen molar-refractivity contribution >= 4 is 17.4 Å². The van der Waals surface area contributed by atoms with E-state index < -0.39 is 5.82 Å². The second kappa shape index (κ2) is 5.56. The number of hydrogen-bond acceptors (Lipinski definition) is 3. The molecule has 1 aliphatic carbocycles. The van der Waals surface area contributed by atoms with Gasteiger partial charge in [-0.15, -0.1) is 0 Å². The van der Waals surface area contributed by atoms with Crippen LogP contribution in [0.1, 0.15) is 43.8 Å². The lowest BCUT2D eigenvalue weighted by Gasteiger charge is -2.20. The lowest BCUT2D eigenvalue weighted by Crippen LogP contribution is -2.19. The summed E-state index contributed by atoms with van der Waals surface area (Å²) >= 11 is 5.71. The van der Waals surface area contributed by atoms with Crippen molar-refractivity contribution in [2.45, 2.75) is 38.0 Å². The quantitative estimate of drug-likeness (QED) is 0.831. The molecule has 21 heavy (non-hydrogen) atoms. The topological polar surface area (TPSA) is 69.9 Å². The molecule has 1 aromatic carbocycles. The monoisotopic (exact) mass is 308 g/mol. The minimum atomic E-state index is -0.487. The van der Waals surface area contributed by atoms with Gasteiger partial charge in [0.1, 0.15) is 17.3 Å². The minimum Gasteiger partial charge on any atom is -0.382 e. The van der Waals surface area contributed by atoms with E-state index in [4.69, 9.17) is 23.2 Å². The third kappa shape index (κ3) is 2.58. The van der Waals surface area contributed by atoms with Crippen molar-refractivity contribution in [2.75, 3.05) is 11.6 Å². The Morgan fingerprint density at radius 3 is 2.62 bits per heavy atom. The molecule has 4 nitrogen and oxygen atoms in total. The van der Waals surface area contributed by atoms with E-state index >= 15 is 0 Å². The van der Waals surface area contributed by atoms with Gasteiger partial charge < -0.3 is 11.6 Å². The predicted molar refractivity (Wildman–Crippen MR) is 83.0 cm³/mol. The molecule has 0 saturated heterocycles. The molecular weight excluding hydrogens is 291 g/mol. The van der Waals surface area contributed by atoms with E-state index in [1.54, 1.807) is 6.07 Å². The van der Waals surface area contributed by atoms with Gasteiger partial charge in [0.15, 0.2) is 5.82 Å². The van der Waals surface area contributed by atoms with Crippen molar-refractivity contribution in [3.05, 3.63) is 34.9 Å². The zero-order chi connectivity index (χ0) is 15.0. The summed E-state index contributed by atoms with van der Waals surface area (Å²) in [4.78, 5) is 4.58. The van der Waals surface area contributed by atoms with E-state index in [1.807, 2.05) is 0 Å². The van der Waals surface area contributed by atoms with Gasteiger partial charge in [0.25, 0.3) is 0 Å². The van der Waals surface area contributed by atoms with Crippen LogP contribution in [-0.2, 0) is 0 Å². The van der Waals surface area contributed by atoms with E-state index in [0.717, 1.165) is 18.7 Å². The van der Waals surface area contributed by atoms with Crippen LogP contribution < -0.4 is 11.6 Å².